The largest absolute Gasteiger partial charge is 0.343 e. The van der Waals surface area contributed by atoms with Crippen LogP contribution in [-0.4, -0.2) is 4.57 Å². The van der Waals surface area contributed by atoms with Gasteiger partial charge in [0.05, 0.1) is 0 Å². The molecule has 0 aliphatic carbocycles. The minimum absolute atomic E-state index is 0.905. The lowest BCUT2D eigenvalue weighted by atomic mass is 10.0. The lowest BCUT2D eigenvalue weighted by Crippen LogP contribution is -1.97. The Labute approximate surface area is 130 Å². The van der Waals surface area contributed by atoms with E-state index in [1.54, 1.807) is 0 Å². The van der Waals surface area contributed by atoms with E-state index in [1.807, 2.05) is 0 Å². The molecule has 0 atom stereocenters. The molecule has 1 aromatic heterocycles. The number of nitrogens with zero attached hydrogens (tertiary/aromatic N) is 1. The van der Waals surface area contributed by atoms with Crippen molar-refractivity contribution < 1.29 is 0 Å². The van der Waals surface area contributed by atoms with Gasteiger partial charge in [-0.1, -0.05) is 72.8 Å². The van der Waals surface area contributed by atoms with Crippen molar-refractivity contribution in [1.82, 2.24) is 4.57 Å². The number of rotatable bonds is 3. The Bertz CT molecular complexity index is 889. The SMILES string of the molecule is c1ccc(Cn2ccc3ccc(-c4ccccc4)cc32)cc1. The second kappa shape index (κ2) is 5.53. The van der Waals surface area contributed by atoms with Gasteiger partial charge in [-0.3, -0.25) is 0 Å². The summed E-state index contributed by atoms with van der Waals surface area (Å²) in [6.45, 7) is 0.905. The van der Waals surface area contributed by atoms with Crippen LogP contribution in [0.5, 0.6) is 0 Å². The Morgan fingerprint density at radius 2 is 1.36 bits per heavy atom. The van der Waals surface area contributed by atoms with Crippen molar-refractivity contribution in [2.75, 3.05) is 0 Å². The van der Waals surface area contributed by atoms with Crippen LogP contribution in [0.3, 0.4) is 0 Å². The molecule has 0 N–H and O–H groups in total. The standard InChI is InChI=1S/C21H17N/c1-3-7-17(8-4-1)16-22-14-13-19-11-12-20(15-21(19)22)18-9-5-2-6-10-18/h1-15H,16H2. The van der Waals surface area contributed by atoms with Crippen LogP contribution < -0.4 is 0 Å². The van der Waals surface area contributed by atoms with Crippen LogP contribution in [-0.2, 0) is 6.54 Å². The number of hydrogen-bond donors (Lipinski definition) is 0. The van der Waals surface area contributed by atoms with Gasteiger partial charge in [0.15, 0.2) is 0 Å². The molecule has 0 radical (unpaired) electrons. The Hall–Kier alpha value is -2.80. The highest BCUT2D eigenvalue weighted by molar-refractivity contribution is 5.85. The number of hydrogen-bond acceptors (Lipinski definition) is 0. The maximum absolute atomic E-state index is 2.32. The van der Waals surface area contributed by atoms with Gasteiger partial charge >= 0.3 is 0 Å². The Morgan fingerprint density at radius 3 is 2.14 bits per heavy atom. The third-order valence-corrected chi connectivity index (χ3v) is 4.08. The molecule has 4 aromatic rings. The maximum atomic E-state index is 2.32. The molecule has 4 rings (SSSR count). The molecule has 0 aliphatic heterocycles. The monoisotopic (exact) mass is 283 g/mol. The fourth-order valence-electron chi connectivity index (χ4n) is 2.91. The summed E-state index contributed by atoms with van der Waals surface area (Å²) in [5.41, 5.74) is 5.13. The molecule has 1 nitrogen and oxygen atoms in total. The molecule has 0 unspecified atom stereocenters. The second-order valence-electron chi connectivity index (χ2n) is 5.57. The minimum Gasteiger partial charge on any atom is -0.343 e. The Balaban J connectivity index is 1.77. The topological polar surface area (TPSA) is 4.93 Å². The first-order valence-electron chi connectivity index (χ1n) is 7.58. The number of fused-ring (bicyclic) bond motifs is 1. The van der Waals surface area contributed by atoms with Crippen LogP contribution in [0, 0.1) is 0 Å². The van der Waals surface area contributed by atoms with Crippen molar-refractivity contribution in [1.29, 1.82) is 0 Å². The third-order valence-electron chi connectivity index (χ3n) is 4.08. The first-order chi connectivity index (χ1) is 10.9. The molecule has 106 valence electrons. The highest BCUT2D eigenvalue weighted by atomic mass is 14.9. The van der Waals surface area contributed by atoms with Crippen molar-refractivity contribution in [3.8, 4) is 11.1 Å². The average Bonchev–Trinajstić information content (AvgIpc) is 2.99. The molecule has 0 saturated heterocycles. The molecular formula is C21H17N. The summed E-state index contributed by atoms with van der Waals surface area (Å²) in [7, 11) is 0. The van der Waals surface area contributed by atoms with Gasteiger partial charge in [-0.25, -0.2) is 0 Å². The normalized spacial score (nSPS) is 10.9. The fourth-order valence-corrected chi connectivity index (χ4v) is 2.91. The van der Waals surface area contributed by atoms with E-state index in [9.17, 15) is 0 Å². The van der Waals surface area contributed by atoms with Gasteiger partial charge in [0, 0.05) is 18.3 Å². The molecule has 1 heterocycles. The summed E-state index contributed by atoms with van der Waals surface area (Å²) in [5, 5.41) is 1.29. The van der Waals surface area contributed by atoms with Gasteiger partial charge in [-0.05, 0) is 34.2 Å². The van der Waals surface area contributed by atoms with Crippen molar-refractivity contribution in [2.24, 2.45) is 0 Å². The molecule has 22 heavy (non-hydrogen) atoms. The molecule has 0 bridgehead atoms. The van der Waals surface area contributed by atoms with E-state index >= 15 is 0 Å². The summed E-state index contributed by atoms with van der Waals surface area (Å²) < 4.78 is 2.32. The molecule has 3 aromatic carbocycles. The summed E-state index contributed by atoms with van der Waals surface area (Å²) in [6, 6.07) is 30.0. The fraction of sp³-hybridized carbons (Fsp3) is 0.0476. The van der Waals surface area contributed by atoms with Crippen molar-refractivity contribution in [2.45, 2.75) is 6.54 Å². The lowest BCUT2D eigenvalue weighted by molar-refractivity contribution is 0.837. The molecule has 1 heteroatoms. The van der Waals surface area contributed by atoms with Gasteiger partial charge in [-0.15, -0.1) is 0 Å². The van der Waals surface area contributed by atoms with Gasteiger partial charge in [-0.2, -0.15) is 0 Å². The van der Waals surface area contributed by atoms with E-state index in [1.165, 1.54) is 27.6 Å². The van der Waals surface area contributed by atoms with Crippen LogP contribution in [0.1, 0.15) is 5.56 Å². The van der Waals surface area contributed by atoms with E-state index in [0.717, 1.165) is 6.54 Å². The van der Waals surface area contributed by atoms with Gasteiger partial charge in [0.1, 0.15) is 0 Å². The zero-order valence-electron chi connectivity index (χ0n) is 12.3. The first-order valence-corrected chi connectivity index (χ1v) is 7.58. The molecule has 0 amide bonds. The van der Waals surface area contributed by atoms with Gasteiger partial charge < -0.3 is 4.57 Å². The molecular weight excluding hydrogens is 266 g/mol. The smallest absolute Gasteiger partial charge is 0.0489 e. The van der Waals surface area contributed by atoms with Crippen LogP contribution in [0.25, 0.3) is 22.0 Å². The van der Waals surface area contributed by atoms with E-state index in [-0.39, 0.29) is 0 Å². The third kappa shape index (κ3) is 2.42. The van der Waals surface area contributed by atoms with E-state index in [2.05, 4.69) is 95.7 Å². The summed E-state index contributed by atoms with van der Waals surface area (Å²) in [6.07, 6.45) is 2.17. The zero-order valence-corrected chi connectivity index (χ0v) is 12.3. The highest BCUT2D eigenvalue weighted by Gasteiger charge is 2.04. The second-order valence-corrected chi connectivity index (χ2v) is 5.57. The van der Waals surface area contributed by atoms with Crippen LogP contribution in [0.4, 0.5) is 0 Å². The number of benzene rings is 3. The van der Waals surface area contributed by atoms with Crippen LogP contribution in [0.15, 0.2) is 91.1 Å². The summed E-state index contributed by atoms with van der Waals surface area (Å²) in [4.78, 5) is 0. The molecule has 0 fully saturated rings. The van der Waals surface area contributed by atoms with E-state index in [0.29, 0.717) is 0 Å². The predicted molar refractivity (Wildman–Crippen MR) is 92.9 cm³/mol. The highest BCUT2D eigenvalue weighted by Crippen LogP contribution is 2.25. The average molecular weight is 283 g/mol. The molecule has 0 spiro atoms. The quantitative estimate of drug-likeness (QED) is 0.477. The van der Waals surface area contributed by atoms with Crippen molar-refractivity contribution in [3.63, 3.8) is 0 Å². The maximum Gasteiger partial charge on any atom is 0.0489 e. The van der Waals surface area contributed by atoms with Crippen molar-refractivity contribution in [3.05, 3.63) is 96.7 Å². The van der Waals surface area contributed by atoms with Gasteiger partial charge in [0.25, 0.3) is 0 Å². The Kier molecular flexibility index (Phi) is 3.24. The molecule has 0 saturated carbocycles. The predicted octanol–water partition coefficient (Wildman–Crippen LogP) is 5.36. The summed E-state index contributed by atoms with van der Waals surface area (Å²) >= 11 is 0. The van der Waals surface area contributed by atoms with Crippen LogP contribution in [0.2, 0.25) is 0 Å². The van der Waals surface area contributed by atoms with Crippen molar-refractivity contribution >= 4 is 10.9 Å². The van der Waals surface area contributed by atoms with Crippen LogP contribution >= 0.6 is 0 Å². The summed E-state index contributed by atoms with van der Waals surface area (Å²) in [5.74, 6) is 0. The minimum atomic E-state index is 0.905. The van der Waals surface area contributed by atoms with Gasteiger partial charge in [0.2, 0.25) is 0 Å². The zero-order chi connectivity index (χ0) is 14.8. The van der Waals surface area contributed by atoms with E-state index < -0.39 is 0 Å². The Morgan fingerprint density at radius 1 is 0.636 bits per heavy atom. The first kappa shape index (κ1) is 12.9. The molecule has 0 aliphatic rings. The van der Waals surface area contributed by atoms with E-state index in [4.69, 9.17) is 0 Å². The number of aromatic nitrogens is 1. The lowest BCUT2D eigenvalue weighted by Gasteiger charge is -2.07.